The van der Waals surface area contributed by atoms with E-state index in [4.69, 9.17) is 5.11 Å². The second kappa shape index (κ2) is 7.13. The van der Waals surface area contributed by atoms with Gasteiger partial charge < -0.3 is 15.7 Å². The van der Waals surface area contributed by atoms with Gasteiger partial charge in [-0.2, -0.15) is 0 Å². The molecule has 0 saturated carbocycles. The number of carboxylic acid groups (broad SMARTS) is 1. The lowest BCUT2D eigenvalue weighted by atomic mass is 10.2. The van der Waals surface area contributed by atoms with Gasteiger partial charge in [-0.25, -0.2) is 9.59 Å². The molecule has 0 heterocycles. The fourth-order valence-electron chi connectivity index (χ4n) is 1.59. The third-order valence-electron chi connectivity index (χ3n) is 2.63. The van der Waals surface area contributed by atoms with Crippen LogP contribution < -0.4 is 10.6 Å². The standard InChI is InChI=1S/C13H17BrN2O3/c1-3-4-10(12(17)18)15-13(19)16-11-7-9(14)6-5-8(11)2/h5-7,10H,3-4H2,1-2H3,(H,17,18)(H2,15,16,19)/t10-/m0/s1. The number of aliphatic carboxylic acids is 1. The molecule has 0 unspecified atom stereocenters. The average Bonchev–Trinajstić information content (AvgIpc) is 2.33. The van der Waals surface area contributed by atoms with E-state index in [0.717, 1.165) is 10.0 Å². The molecule has 3 N–H and O–H groups in total. The first-order valence-electron chi connectivity index (χ1n) is 6.00. The molecule has 0 aliphatic carbocycles. The van der Waals surface area contributed by atoms with Crippen LogP contribution in [0.4, 0.5) is 10.5 Å². The molecule has 0 bridgehead atoms. The third-order valence-corrected chi connectivity index (χ3v) is 3.12. The van der Waals surface area contributed by atoms with Gasteiger partial charge in [-0.3, -0.25) is 0 Å². The first-order chi connectivity index (χ1) is 8.93. The summed E-state index contributed by atoms with van der Waals surface area (Å²) in [5.41, 5.74) is 1.55. The van der Waals surface area contributed by atoms with Crippen molar-refractivity contribution < 1.29 is 14.7 Å². The zero-order valence-electron chi connectivity index (χ0n) is 10.9. The van der Waals surface area contributed by atoms with Crippen LogP contribution in [0.5, 0.6) is 0 Å². The number of hydrogen-bond donors (Lipinski definition) is 3. The van der Waals surface area contributed by atoms with Crippen LogP contribution in [0.1, 0.15) is 25.3 Å². The number of aryl methyl sites for hydroxylation is 1. The zero-order valence-corrected chi connectivity index (χ0v) is 12.5. The highest BCUT2D eigenvalue weighted by Crippen LogP contribution is 2.20. The van der Waals surface area contributed by atoms with Gasteiger partial charge in [0.15, 0.2) is 0 Å². The summed E-state index contributed by atoms with van der Waals surface area (Å²) in [5, 5.41) is 14.1. The van der Waals surface area contributed by atoms with Gasteiger partial charge in [-0.1, -0.05) is 35.3 Å². The second-order valence-corrected chi connectivity index (χ2v) is 5.15. The van der Waals surface area contributed by atoms with Crippen LogP contribution in [0, 0.1) is 6.92 Å². The maximum atomic E-state index is 11.8. The third kappa shape index (κ3) is 4.90. The molecular weight excluding hydrogens is 312 g/mol. The fourth-order valence-corrected chi connectivity index (χ4v) is 1.95. The van der Waals surface area contributed by atoms with Crippen LogP contribution in [0.3, 0.4) is 0 Å². The van der Waals surface area contributed by atoms with Crippen molar-refractivity contribution in [3.63, 3.8) is 0 Å². The summed E-state index contributed by atoms with van der Waals surface area (Å²) in [6.07, 6.45) is 1.09. The van der Waals surface area contributed by atoms with Gasteiger partial charge in [0.05, 0.1) is 0 Å². The number of amides is 2. The molecule has 1 atom stereocenters. The predicted octanol–water partition coefficient (Wildman–Crippen LogP) is 3.13. The summed E-state index contributed by atoms with van der Waals surface area (Å²) in [6.45, 7) is 3.73. The molecule has 0 aliphatic rings. The minimum atomic E-state index is -1.03. The van der Waals surface area contributed by atoms with Gasteiger partial charge >= 0.3 is 12.0 Å². The number of benzene rings is 1. The summed E-state index contributed by atoms with van der Waals surface area (Å²) < 4.78 is 0.844. The van der Waals surface area contributed by atoms with E-state index < -0.39 is 18.0 Å². The Morgan fingerprint density at radius 2 is 2.11 bits per heavy atom. The Kier molecular flexibility index (Phi) is 5.82. The molecule has 0 aromatic heterocycles. The molecule has 1 aromatic carbocycles. The molecular formula is C13H17BrN2O3. The van der Waals surface area contributed by atoms with E-state index in [2.05, 4.69) is 26.6 Å². The molecule has 2 amide bonds. The van der Waals surface area contributed by atoms with Crippen LogP contribution in [-0.2, 0) is 4.79 Å². The molecule has 19 heavy (non-hydrogen) atoms. The van der Waals surface area contributed by atoms with Crippen LogP contribution in [0.25, 0.3) is 0 Å². The molecule has 0 aliphatic heterocycles. The van der Waals surface area contributed by atoms with E-state index in [9.17, 15) is 9.59 Å². The number of carbonyl (C=O) groups is 2. The van der Waals surface area contributed by atoms with Crippen molar-refractivity contribution in [1.29, 1.82) is 0 Å². The van der Waals surface area contributed by atoms with E-state index in [-0.39, 0.29) is 0 Å². The molecule has 0 radical (unpaired) electrons. The molecule has 1 rings (SSSR count). The molecule has 104 valence electrons. The molecule has 0 saturated heterocycles. The SMILES string of the molecule is CCC[C@H](NC(=O)Nc1cc(Br)ccc1C)C(=O)O. The van der Waals surface area contributed by atoms with Gasteiger partial charge in [0, 0.05) is 10.2 Å². The fraction of sp³-hybridized carbons (Fsp3) is 0.385. The van der Waals surface area contributed by atoms with Crippen LogP contribution in [0.2, 0.25) is 0 Å². The molecule has 6 heteroatoms. The Morgan fingerprint density at radius 3 is 2.68 bits per heavy atom. The van der Waals surface area contributed by atoms with Crippen molar-refractivity contribution in [1.82, 2.24) is 5.32 Å². The van der Waals surface area contributed by atoms with E-state index in [0.29, 0.717) is 18.5 Å². The summed E-state index contributed by atoms with van der Waals surface area (Å²) >= 11 is 3.32. The van der Waals surface area contributed by atoms with Crippen molar-refractivity contribution >= 4 is 33.6 Å². The summed E-state index contributed by atoms with van der Waals surface area (Å²) in [7, 11) is 0. The maximum Gasteiger partial charge on any atom is 0.326 e. The summed E-state index contributed by atoms with van der Waals surface area (Å²) in [4.78, 5) is 22.7. The zero-order chi connectivity index (χ0) is 14.4. The normalized spacial score (nSPS) is 11.7. The first-order valence-corrected chi connectivity index (χ1v) is 6.79. The number of nitrogens with one attached hydrogen (secondary N) is 2. The largest absolute Gasteiger partial charge is 0.480 e. The van der Waals surface area contributed by atoms with Crippen molar-refractivity contribution in [2.24, 2.45) is 0 Å². The Balaban J connectivity index is 2.68. The van der Waals surface area contributed by atoms with Crippen LogP contribution in [-0.4, -0.2) is 23.1 Å². The highest BCUT2D eigenvalue weighted by molar-refractivity contribution is 9.10. The summed E-state index contributed by atoms with van der Waals surface area (Å²) in [6, 6.07) is 4.13. The highest BCUT2D eigenvalue weighted by Gasteiger charge is 2.18. The number of anilines is 1. The minimum absolute atomic E-state index is 0.403. The van der Waals surface area contributed by atoms with E-state index in [1.54, 1.807) is 6.07 Å². The highest BCUT2D eigenvalue weighted by atomic mass is 79.9. The van der Waals surface area contributed by atoms with Crippen molar-refractivity contribution in [3.05, 3.63) is 28.2 Å². The van der Waals surface area contributed by atoms with Gasteiger partial charge in [0.25, 0.3) is 0 Å². The number of rotatable bonds is 5. The monoisotopic (exact) mass is 328 g/mol. The Bertz CT molecular complexity index is 477. The number of urea groups is 1. The van der Waals surface area contributed by atoms with Gasteiger partial charge in [0.1, 0.15) is 6.04 Å². The lowest BCUT2D eigenvalue weighted by molar-refractivity contribution is -0.139. The molecule has 0 spiro atoms. The number of halogens is 1. The van der Waals surface area contributed by atoms with Gasteiger partial charge in [0.2, 0.25) is 0 Å². The van der Waals surface area contributed by atoms with E-state index >= 15 is 0 Å². The lowest BCUT2D eigenvalue weighted by Crippen LogP contribution is -2.42. The molecule has 1 aromatic rings. The lowest BCUT2D eigenvalue weighted by Gasteiger charge is -2.15. The first kappa shape index (κ1) is 15.5. The predicted molar refractivity (Wildman–Crippen MR) is 77.4 cm³/mol. The molecule has 0 fully saturated rings. The quantitative estimate of drug-likeness (QED) is 0.776. The topological polar surface area (TPSA) is 78.4 Å². The van der Waals surface area contributed by atoms with E-state index in [1.807, 2.05) is 26.0 Å². The van der Waals surface area contributed by atoms with Crippen LogP contribution >= 0.6 is 15.9 Å². The van der Waals surface area contributed by atoms with Crippen molar-refractivity contribution in [3.8, 4) is 0 Å². The Hall–Kier alpha value is -1.56. The van der Waals surface area contributed by atoms with Gasteiger partial charge in [-0.05, 0) is 31.0 Å². The second-order valence-electron chi connectivity index (χ2n) is 4.24. The molecule has 5 nitrogen and oxygen atoms in total. The van der Waals surface area contributed by atoms with Crippen LogP contribution in [0.15, 0.2) is 22.7 Å². The number of carbonyl (C=O) groups excluding carboxylic acids is 1. The average molecular weight is 329 g/mol. The van der Waals surface area contributed by atoms with E-state index in [1.165, 1.54) is 0 Å². The van der Waals surface area contributed by atoms with Gasteiger partial charge in [-0.15, -0.1) is 0 Å². The maximum absolute atomic E-state index is 11.8. The number of hydrogen-bond acceptors (Lipinski definition) is 2. The smallest absolute Gasteiger partial charge is 0.326 e. The van der Waals surface area contributed by atoms with Crippen molar-refractivity contribution in [2.75, 3.05) is 5.32 Å². The Labute approximate surface area is 120 Å². The minimum Gasteiger partial charge on any atom is -0.480 e. The van der Waals surface area contributed by atoms with Crippen molar-refractivity contribution in [2.45, 2.75) is 32.7 Å². The Morgan fingerprint density at radius 1 is 1.42 bits per heavy atom. The summed E-state index contributed by atoms with van der Waals surface area (Å²) in [5.74, 6) is -1.03. The number of carboxylic acids is 1.